The van der Waals surface area contributed by atoms with Gasteiger partial charge in [0.1, 0.15) is 6.61 Å². The van der Waals surface area contributed by atoms with Crippen molar-refractivity contribution in [2.75, 3.05) is 19.0 Å². The number of hydrogen-bond donors (Lipinski definition) is 1. The lowest BCUT2D eigenvalue weighted by Gasteiger charge is -2.07. The molecule has 0 spiro atoms. The molecule has 2 rings (SSSR count). The van der Waals surface area contributed by atoms with E-state index in [9.17, 15) is 14.0 Å². The fourth-order valence-corrected chi connectivity index (χ4v) is 1.49. The number of hydrogen-bond acceptors (Lipinski definition) is 6. The van der Waals surface area contributed by atoms with Crippen molar-refractivity contribution in [1.82, 2.24) is 9.97 Å². The molecule has 2 aromatic rings. The molecule has 8 heteroatoms. The summed E-state index contributed by atoms with van der Waals surface area (Å²) < 4.78 is 23.2. The molecule has 0 saturated carbocycles. The number of anilines is 1. The Morgan fingerprint density at radius 2 is 1.96 bits per heavy atom. The van der Waals surface area contributed by atoms with Crippen molar-refractivity contribution in [1.29, 1.82) is 0 Å². The Morgan fingerprint density at radius 1 is 1.32 bits per heavy atom. The highest BCUT2D eigenvalue weighted by molar-refractivity contribution is 6.29. The Bertz CT molecular complexity index is 691. The summed E-state index contributed by atoms with van der Waals surface area (Å²) in [7, 11) is 1.68. The van der Waals surface area contributed by atoms with Gasteiger partial charge in [0.2, 0.25) is 6.29 Å². The van der Waals surface area contributed by atoms with E-state index in [0.29, 0.717) is 0 Å². The largest absolute Gasteiger partial charge is 0.459 e. The van der Waals surface area contributed by atoms with Crippen LogP contribution in [0, 0.1) is 12.7 Å². The molecule has 0 atom stereocenters. The van der Waals surface area contributed by atoms with Gasteiger partial charge in [-0.1, -0.05) is 29.8 Å². The molecule has 25 heavy (non-hydrogen) atoms. The van der Waals surface area contributed by atoms with E-state index >= 15 is 0 Å². The number of halogens is 1. The maximum Gasteiger partial charge on any atom is 0.318 e. The summed E-state index contributed by atoms with van der Waals surface area (Å²) >= 11 is 0. The first-order chi connectivity index (χ1) is 12.0. The molecule has 0 saturated heterocycles. The van der Waals surface area contributed by atoms with Crippen LogP contribution in [0.25, 0.3) is 0 Å². The number of aldehydes is 1. The van der Waals surface area contributed by atoms with E-state index in [4.69, 9.17) is 4.74 Å². The number of rotatable bonds is 6. The van der Waals surface area contributed by atoms with Crippen LogP contribution in [0.1, 0.15) is 18.1 Å². The van der Waals surface area contributed by atoms with Gasteiger partial charge in [0.15, 0.2) is 11.6 Å². The second kappa shape index (κ2) is 10.8. The summed E-state index contributed by atoms with van der Waals surface area (Å²) in [6.07, 6.45) is 0.881. The highest BCUT2D eigenvalue weighted by Gasteiger charge is 2.10. The minimum absolute atomic E-state index is 0.0222. The summed E-state index contributed by atoms with van der Waals surface area (Å²) in [6.45, 7) is 4.95. The molecule has 1 amide bonds. The van der Waals surface area contributed by atoms with Crippen LogP contribution in [0.2, 0.25) is 0 Å². The van der Waals surface area contributed by atoms with Gasteiger partial charge in [-0.05, 0) is 19.4 Å². The molecule has 1 heterocycles. The van der Waals surface area contributed by atoms with E-state index in [-0.39, 0.29) is 18.9 Å². The van der Waals surface area contributed by atoms with Crippen molar-refractivity contribution in [2.24, 2.45) is 0 Å². The average molecular weight is 349 g/mol. The van der Waals surface area contributed by atoms with Crippen LogP contribution in [-0.2, 0) is 20.9 Å². The second-order valence-corrected chi connectivity index (χ2v) is 4.81. The lowest BCUT2D eigenvalue weighted by atomic mass is 10.2. The summed E-state index contributed by atoms with van der Waals surface area (Å²) in [6, 6.07) is 7.53. The molecular formula is C17H20FN3O4. The number of aromatic nitrogens is 2. The predicted octanol–water partition coefficient (Wildman–Crippen LogP) is 2.29. The molecular weight excluding hydrogens is 329 g/mol. The van der Waals surface area contributed by atoms with Gasteiger partial charge in [-0.3, -0.25) is 9.59 Å². The zero-order chi connectivity index (χ0) is 18.7. The number of methoxy groups -OCH3 is 1. The fraction of sp³-hybridized carbons (Fsp3) is 0.294. The van der Waals surface area contributed by atoms with Gasteiger partial charge in [-0.2, -0.15) is 4.98 Å². The van der Waals surface area contributed by atoms with Crippen molar-refractivity contribution in [3.8, 4) is 6.01 Å². The van der Waals surface area contributed by atoms with Crippen molar-refractivity contribution >= 4 is 18.0 Å². The van der Waals surface area contributed by atoms with Gasteiger partial charge in [0, 0.05) is 13.7 Å². The third-order valence-electron chi connectivity index (χ3n) is 2.85. The first kappa shape index (κ1) is 20.2. The molecule has 1 aromatic heterocycles. The van der Waals surface area contributed by atoms with Crippen molar-refractivity contribution in [3.63, 3.8) is 0 Å². The third-order valence-corrected chi connectivity index (χ3v) is 2.85. The standard InChI is InChI=1S/C14H12FN3O3.C3H8O/c1-9-2-4-10(5-3-9)8-21-14-16-6-11(15)13(18-14)17-12(20)7-19;1-3-4-2/h2-7H,8H2,1H3,(H,16,17,18,20);3H2,1-2H3. The maximum atomic E-state index is 13.4. The number of ether oxygens (including phenoxy) is 2. The van der Waals surface area contributed by atoms with Gasteiger partial charge in [-0.15, -0.1) is 0 Å². The normalized spacial score (nSPS) is 9.60. The third kappa shape index (κ3) is 7.49. The number of amides is 1. The molecule has 0 aliphatic heterocycles. The predicted molar refractivity (Wildman–Crippen MR) is 89.7 cm³/mol. The topological polar surface area (TPSA) is 90.4 Å². The van der Waals surface area contributed by atoms with Crippen LogP contribution < -0.4 is 10.1 Å². The van der Waals surface area contributed by atoms with E-state index in [0.717, 1.165) is 23.9 Å². The van der Waals surface area contributed by atoms with Crippen molar-refractivity contribution in [2.45, 2.75) is 20.5 Å². The van der Waals surface area contributed by atoms with Gasteiger partial charge >= 0.3 is 6.01 Å². The number of nitrogens with one attached hydrogen (secondary N) is 1. The van der Waals surface area contributed by atoms with Crippen LogP contribution in [-0.4, -0.2) is 35.9 Å². The minimum atomic E-state index is -1.00. The number of nitrogens with zero attached hydrogens (tertiary/aromatic N) is 2. The van der Waals surface area contributed by atoms with Gasteiger partial charge in [0.25, 0.3) is 5.91 Å². The number of carbonyl (C=O) groups excluding carboxylic acids is 2. The highest BCUT2D eigenvalue weighted by Crippen LogP contribution is 2.14. The highest BCUT2D eigenvalue weighted by atomic mass is 19.1. The van der Waals surface area contributed by atoms with Gasteiger partial charge in [0.05, 0.1) is 6.20 Å². The van der Waals surface area contributed by atoms with Crippen LogP contribution in [0.4, 0.5) is 10.2 Å². The Morgan fingerprint density at radius 3 is 2.52 bits per heavy atom. The number of benzene rings is 1. The molecule has 0 radical (unpaired) electrons. The molecule has 0 aliphatic rings. The maximum absolute atomic E-state index is 13.4. The quantitative estimate of drug-likeness (QED) is 0.636. The van der Waals surface area contributed by atoms with Crippen LogP contribution in [0.15, 0.2) is 30.5 Å². The molecule has 1 N–H and O–H groups in total. The molecule has 134 valence electrons. The lowest BCUT2D eigenvalue weighted by Crippen LogP contribution is -2.15. The molecule has 0 unspecified atom stereocenters. The Kier molecular flexibility index (Phi) is 8.73. The number of aryl methyl sites for hydroxylation is 1. The van der Waals surface area contributed by atoms with E-state index < -0.39 is 17.5 Å². The van der Waals surface area contributed by atoms with E-state index in [1.807, 2.05) is 43.4 Å². The molecule has 1 aromatic carbocycles. The Labute approximate surface area is 145 Å². The number of carbonyl (C=O) groups is 2. The van der Waals surface area contributed by atoms with E-state index in [1.54, 1.807) is 7.11 Å². The summed E-state index contributed by atoms with van der Waals surface area (Å²) in [5.41, 5.74) is 2.02. The monoisotopic (exact) mass is 349 g/mol. The fourth-order valence-electron chi connectivity index (χ4n) is 1.49. The van der Waals surface area contributed by atoms with Crippen molar-refractivity contribution < 1.29 is 23.5 Å². The minimum Gasteiger partial charge on any atom is -0.459 e. The smallest absolute Gasteiger partial charge is 0.318 e. The SMILES string of the molecule is CCOC.Cc1ccc(COc2ncc(F)c(NC(=O)C=O)n2)cc1. The summed E-state index contributed by atoms with van der Waals surface area (Å²) in [5.74, 6) is -2.26. The Balaban J connectivity index is 0.000000705. The van der Waals surface area contributed by atoms with Crippen molar-refractivity contribution in [3.05, 3.63) is 47.4 Å². The first-order valence-electron chi connectivity index (χ1n) is 7.46. The average Bonchev–Trinajstić information content (AvgIpc) is 2.63. The van der Waals surface area contributed by atoms with E-state index in [1.165, 1.54) is 0 Å². The zero-order valence-corrected chi connectivity index (χ0v) is 14.3. The van der Waals surface area contributed by atoms with Crippen LogP contribution in [0.3, 0.4) is 0 Å². The molecule has 0 bridgehead atoms. The lowest BCUT2D eigenvalue weighted by molar-refractivity contribution is -0.127. The molecule has 0 fully saturated rings. The summed E-state index contributed by atoms with van der Waals surface area (Å²) in [5, 5.41) is 1.99. The molecule has 0 aliphatic carbocycles. The summed E-state index contributed by atoms with van der Waals surface area (Å²) in [4.78, 5) is 28.5. The second-order valence-electron chi connectivity index (χ2n) is 4.81. The van der Waals surface area contributed by atoms with Gasteiger partial charge in [-0.25, -0.2) is 9.37 Å². The molecule has 7 nitrogen and oxygen atoms in total. The first-order valence-corrected chi connectivity index (χ1v) is 7.46. The van der Waals surface area contributed by atoms with Gasteiger partial charge < -0.3 is 14.8 Å². The zero-order valence-electron chi connectivity index (χ0n) is 14.3. The van der Waals surface area contributed by atoms with Crippen LogP contribution >= 0.6 is 0 Å². The Hall–Kier alpha value is -2.87. The van der Waals surface area contributed by atoms with Crippen LogP contribution in [0.5, 0.6) is 6.01 Å². The van der Waals surface area contributed by atoms with E-state index in [2.05, 4.69) is 14.7 Å².